The molecule has 0 unspecified atom stereocenters. The Labute approximate surface area is 122 Å². The summed E-state index contributed by atoms with van der Waals surface area (Å²) in [5.41, 5.74) is 0.135. The largest absolute Gasteiger partial charge is 0.478 e. The van der Waals surface area contributed by atoms with Crippen LogP contribution in [0.2, 0.25) is 0 Å². The number of anilines is 1. The molecule has 5 nitrogen and oxygen atoms in total. The van der Waals surface area contributed by atoms with Gasteiger partial charge in [-0.3, -0.25) is 5.32 Å². The molecule has 0 aliphatic heterocycles. The van der Waals surface area contributed by atoms with Crippen molar-refractivity contribution in [2.45, 2.75) is 45.1 Å². The molecule has 1 aliphatic rings. The molecule has 3 N–H and O–H groups in total. The fourth-order valence-electron chi connectivity index (χ4n) is 2.67. The molecule has 1 heterocycles. The second-order valence-electron chi connectivity index (χ2n) is 5.25. The van der Waals surface area contributed by atoms with Crippen LogP contribution in [0.3, 0.4) is 0 Å². The first kappa shape index (κ1) is 14.8. The molecule has 1 fully saturated rings. The van der Waals surface area contributed by atoms with Crippen LogP contribution in [0.25, 0.3) is 0 Å². The third-order valence-corrected chi connectivity index (χ3v) is 4.67. The van der Waals surface area contributed by atoms with E-state index >= 15 is 0 Å². The van der Waals surface area contributed by atoms with E-state index in [0.29, 0.717) is 10.9 Å². The first-order valence-corrected chi connectivity index (χ1v) is 7.84. The van der Waals surface area contributed by atoms with Crippen molar-refractivity contribution >= 4 is 28.3 Å². The molecule has 2 rings (SSSR count). The van der Waals surface area contributed by atoms with Crippen molar-refractivity contribution in [1.82, 2.24) is 5.32 Å². The van der Waals surface area contributed by atoms with Gasteiger partial charge in [-0.1, -0.05) is 19.3 Å². The molecule has 20 heavy (non-hydrogen) atoms. The van der Waals surface area contributed by atoms with Crippen LogP contribution in [-0.2, 0) is 0 Å². The molecule has 1 aliphatic carbocycles. The zero-order valence-electron chi connectivity index (χ0n) is 11.5. The van der Waals surface area contributed by atoms with Crippen LogP contribution in [0.1, 0.15) is 49.4 Å². The number of hydrogen-bond acceptors (Lipinski definition) is 3. The number of aromatic carboxylic acids is 1. The van der Waals surface area contributed by atoms with E-state index in [1.54, 1.807) is 5.38 Å². The van der Waals surface area contributed by atoms with E-state index in [-0.39, 0.29) is 17.6 Å². The fraction of sp³-hybridized carbons (Fsp3) is 0.571. The maximum Gasteiger partial charge on any atom is 0.338 e. The van der Waals surface area contributed by atoms with Gasteiger partial charge in [0, 0.05) is 6.04 Å². The average molecular weight is 296 g/mol. The first-order valence-electron chi connectivity index (χ1n) is 6.96. The minimum absolute atomic E-state index is 0.114. The summed E-state index contributed by atoms with van der Waals surface area (Å²) >= 11 is 1.22. The highest BCUT2D eigenvalue weighted by atomic mass is 32.1. The highest BCUT2D eigenvalue weighted by Gasteiger charge is 2.22. The van der Waals surface area contributed by atoms with Crippen molar-refractivity contribution in [3.05, 3.63) is 17.0 Å². The lowest BCUT2D eigenvalue weighted by Gasteiger charge is -2.28. The number of nitrogens with one attached hydrogen (secondary N) is 2. The van der Waals surface area contributed by atoms with Gasteiger partial charge in [0.25, 0.3) is 0 Å². The van der Waals surface area contributed by atoms with Crippen LogP contribution in [0.4, 0.5) is 9.80 Å². The molecule has 0 saturated heterocycles. The van der Waals surface area contributed by atoms with Crippen molar-refractivity contribution in [3.63, 3.8) is 0 Å². The number of amides is 2. The monoisotopic (exact) mass is 296 g/mol. The highest BCUT2D eigenvalue weighted by Crippen LogP contribution is 2.27. The maximum atomic E-state index is 11.9. The summed E-state index contributed by atoms with van der Waals surface area (Å²) in [6.45, 7) is 2.02. The lowest BCUT2D eigenvalue weighted by atomic mass is 9.85. The number of carbonyl (C=O) groups is 2. The van der Waals surface area contributed by atoms with Gasteiger partial charge in [-0.25, -0.2) is 9.59 Å². The van der Waals surface area contributed by atoms with E-state index in [0.717, 1.165) is 12.8 Å². The van der Waals surface area contributed by atoms with Gasteiger partial charge in [-0.2, -0.15) is 0 Å². The Balaban J connectivity index is 1.88. The molecule has 6 heteroatoms. The zero-order chi connectivity index (χ0) is 14.5. The van der Waals surface area contributed by atoms with Crippen molar-refractivity contribution in [2.75, 3.05) is 5.32 Å². The standard InChI is InChI=1S/C14H20N2O3S/c1-9(10-5-3-2-4-6-10)15-14(19)16-12-11(13(17)18)7-8-20-12/h7-10H,2-6H2,1H3,(H,17,18)(H2,15,16,19)/t9-/m1/s1. The van der Waals surface area contributed by atoms with Gasteiger partial charge in [-0.15, -0.1) is 11.3 Å². The lowest BCUT2D eigenvalue weighted by Crippen LogP contribution is -2.41. The fourth-order valence-corrected chi connectivity index (χ4v) is 3.45. The molecule has 0 spiro atoms. The van der Waals surface area contributed by atoms with Crippen molar-refractivity contribution in [1.29, 1.82) is 0 Å². The number of carbonyl (C=O) groups excluding carboxylic acids is 1. The second-order valence-corrected chi connectivity index (χ2v) is 6.17. The van der Waals surface area contributed by atoms with Gasteiger partial charge < -0.3 is 10.4 Å². The van der Waals surface area contributed by atoms with Gasteiger partial charge in [0.15, 0.2) is 0 Å². The zero-order valence-corrected chi connectivity index (χ0v) is 12.3. The van der Waals surface area contributed by atoms with E-state index in [9.17, 15) is 9.59 Å². The van der Waals surface area contributed by atoms with E-state index in [2.05, 4.69) is 10.6 Å². The number of thiophene rings is 1. The Morgan fingerprint density at radius 3 is 2.70 bits per heavy atom. The summed E-state index contributed by atoms with van der Waals surface area (Å²) in [5.74, 6) is -0.501. The summed E-state index contributed by atoms with van der Waals surface area (Å²) < 4.78 is 0. The van der Waals surface area contributed by atoms with Crippen LogP contribution in [0.15, 0.2) is 11.4 Å². The van der Waals surface area contributed by atoms with E-state index in [4.69, 9.17) is 5.11 Å². The summed E-state index contributed by atoms with van der Waals surface area (Å²) in [4.78, 5) is 22.9. The first-order chi connectivity index (χ1) is 9.58. The van der Waals surface area contributed by atoms with Gasteiger partial charge >= 0.3 is 12.0 Å². The highest BCUT2D eigenvalue weighted by molar-refractivity contribution is 7.14. The molecule has 1 atom stereocenters. The Morgan fingerprint density at radius 1 is 1.35 bits per heavy atom. The van der Waals surface area contributed by atoms with Crippen LogP contribution in [-0.4, -0.2) is 23.1 Å². The van der Waals surface area contributed by atoms with Gasteiger partial charge in [0.1, 0.15) is 5.00 Å². The van der Waals surface area contributed by atoms with Crippen LogP contribution in [0.5, 0.6) is 0 Å². The summed E-state index contributed by atoms with van der Waals surface area (Å²) in [7, 11) is 0. The van der Waals surface area contributed by atoms with Gasteiger partial charge in [-0.05, 0) is 37.1 Å². The predicted octanol–water partition coefficient (Wildman–Crippen LogP) is 3.54. The Kier molecular flexibility index (Phi) is 5.00. The van der Waals surface area contributed by atoms with E-state index in [1.165, 1.54) is 36.7 Å². The molecule has 0 bridgehead atoms. The Morgan fingerprint density at radius 2 is 2.05 bits per heavy atom. The van der Waals surface area contributed by atoms with Gasteiger partial charge in [0.05, 0.1) is 5.56 Å². The topological polar surface area (TPSA) is 78.4 Å². The molecule has 1 saturated carbocycles. The quantitative estimate of drug-likeness (QED) is 0.795. The molecule has 0 radical (unpaired) electrons. The second kappa shape index (κ2) is 6.74. The minimum atomic E-state index is -1.03. The molecule has 1 aromatic heterocycles. The molecule has 0 aromatic carbocycles. The van der Waals surface area contributed by atoms with Crippen molar-refractivity contribution in [2.24, 2.45) is 5.92 Å². The molecular weight excluding hydrogens is 276 g/mol. The predicted molar refractivity (Wildman–Crippen MR) is 79.5 cm³/mol. The number of rotatable bonds is 4. The lowest BCUT2D eigenvalue weighted by molar-refractivity contribution is 0.0698. The maximum absolute atomic E-state index is 11.9. The van der Waals surface area contributed by atoms with Crippen molar-refractivity contribution in [3.8, 4) is 0 Å². The van der Waals surface area contributed by atoms with Gasteiger partial charge in [0.2, 0.25) is 0 Å². The number of carboxylic acid groups (broad SMARTS) is 1. The Hall–Kier alpha value is -1.56. The molecule has 110 valence electrons. The number of carboxylic acids is 1. The SMILES string of the molecule is C[C@@H](NC(=O)Nc1sccc1C(=O)O)C1CCCCC1. The van der Waals surface area contributed by atoms with Crippen LogP contribution < -0.4 is 10.6 Å². The van der Waals surface area contributed by atoms with E-state index in [1.807, 2.05) is 6.92 Å². The summed E-state index contributed by atoms with van der Waals surface area (Å²) in [6.07, 6.45) is 6.05. The third-order valence-electron chi connectivity index (χ3n) is 3.84. The number of hydrogen-bond donors (Lipinski definition) is 3. The minimum Gasteiger partial charge on any atom is -0.478 e. The van der Waals surface area contributed by atoms with Crippen LogP contribution in [0, 0.1) is 5.92 Å². The molecule has 1 aromatic rings. The average Bonchev–Trinajstić information content (AvgIpc) is 2.87. The summed E-state index contributed by atoms with van der Waals surface area (Å²) in [5, 5.41) is 16.6. The third kappa shape index (κ3) is 3.72. The summed E-state index contributed by atoms with van der Waals surface area (Å²) in [6, 6.07) is 1.28. The molecular formula is C14H20N2O3S. The van der Waals surface area contributed by atoms with Crippen LogP contribution >= 0.6 is 11.3 Å². The van der Waals surface area contributed by atoms with Crippen molar-refractivity contribution < 1.29 is 14.7 Å². The molecule has 2 amide bonds. The normalized spacial score (nSPS) is 17.4. The Bertz CT molecular complexity index is 481. The smallest absolute Gasteiger partial charge is 0.338 e. The number of urea groups is 1. The van der Waals surface area contributed by atoms with E-state index < -0.39 is 5.97 Å².